The van der Waals surface area contributed by atoms with Crippen LogP contribution in [0.1, 0.15) is 28.8 Å². The summed E-state index contributed by atoms with van der Waals surface area (Å²) in [7, 11) is 0. The molecule has 5 N–H and O–H groups in total. The number of anilines is 1. The zero-order valence-electron chi connectivity index (χ0n) is 16.1. The van der Waals surface area contributed by atoms with Crippen LogP contribution in [0.3, 0.4) is 0 Å². The molecule has 2 unspecified atom stereocenters. The summed E-state index contributed by atoms with van der Waals surface area (Å²) >= 11 is -1.60. The Labute approximate surface area is 176 Å². The third-order valence-electron chi connectivity index (χ3n) is 5.16. The van der Waals surface area contributed by atoms with E-state index in [1.807, 2.05) is 0 Å². The zero-order chi connectivity index (χ0) is 21.3. The van der Waals surface area contributed by atoms with Crippen molar-refractivity contribution in [2.45, 2.75) is 12.8 Å². The molecule has 2 aliphatic heterocycles. The standard InChI is InChI=1S/C20H22N4O5S/c21-19-18-14(22-30(28)23-19)4-1-5-17(18)29-11-12-3-2-8-24(10-12)20(27)13-6-7-15(25)16(26)9-13/h1,4-7,9,12,22,25-26H,2-3,8,10-11H2,(H2,21,23). The maximum Gasteiger partial charge on any atom is 0.254 e. The lowest BCUT2D eigenvalue weighted by atomic mass is 9.98. The minimum atomic E-state index is -1.60. The second kappa shape index (κ2) is 8.33. The number of ether oxygens (including phenoxy) is 1. The predicted octanol–water partition coefficient (Wildman–Crippen LogP) is 1.74. The molecule has 4 rings (SSSR count). The highest BCUT2D eigenvalue weighted by Crippen LogP contribution is 2.31. The molecule has 0 saturated carbocycles. The smallest absolute Gasteiger partial charge is 0.254 e. The number of hydrogen-bond acceptors (Lipinski definition) is 8. The fraction of sp³-hybridized carbons (Fsp3) is 0.300. The molecule has 0 radical (unpaired) electrons. The number of nitrogens with zero attached hydrogens (tertiary/aromatic N) is 2. The number of piperidine rings is 1. The van der Waals surface area contributed by atoms with Gasteiger partial charge in [-0.25, -0.2) is 0 Å². The van der Waals surface area contributed by atoms with E-state index in [-0.39, 0.29) is 29.2 Å². The van der Waals surface area contributed by atoms with Crippen LogP contribution in [0.5, 0.6) is 17.2 Å². The summed E-state index contributed by atoms with van der Waals surface area (Å²) in [5.41, 5.74) is 7.45. The summed E-state index contributed by atoms with van der Waals surface area (Å²) in [4.78, 5) is 14.5. The highest BCUT2D eigenvalue weighted by Gasteiger charge is 2.28. The first-order chi connectivity index (χ1) is 14.4. The number of nitrogens with one attached hydrogen (secondary N) is 1. The summed E-state index contributed by atoms with van der Waals surface area (Å²) in [6.07, 6.45) is 1.74. The highest BCUT2D eigenvalue weighted by molar-refractivity contribution is 7.91. The van der Waals surface area contributed by atoms with Crippen molar-refractivity contribution in [1.29, 1.82) is 0 Å². The first-order valence-electron chi connectivity index (χ1n) is 9.52. The molecule has 2 atom stereocenters. The third kappa shape index (κ3) is 4.10. The number of amidine groups is 1. The monoisotopic (exact) mass is 430 g/mol. The molecule has 0 aromatic heterocycles. The van der Waals surface area contributed by atoms with E-state index in [0.29, 0.717) is 42.3 Å². The third-order valence-corrected chi connectivity index (χ3v) is 5.92. The number of rotatable bonds is 4. The van der Waals surface area contributed by atoms with Gasteiger partial charge in [-0.05, 0) is 47.6 Å². The van der Waals surface area contributed by atoms with E-state index in [4.69, 9.17) is 10.5 Å². The van der Waals surface area contributed by atoms with Crippen molar-refractivity contribution in [1.82, 2.24) is 4.90 Å². The highest BCUT2D eigenvalue weighted by atomic mass is 32.2. The Balaban J connectivity index is 1.42. The Morgan fingerprint density at radius 1 is 1.33 bits per heavy atom. The van der Waals surface area contributed by atoms with Crippen molar-refractivity contribution < 1.29 is 24.3 Å². The number of hydrogen-bond donors (Lipinski definition) is 4. The van der Waals surface area contributed by atoms with Gasteiger partial charge in [-0.1, -0.05) is 6.07 Å². The lowest BCUT2D eigenvalue weighted by Gasteiger charge is -2.33. The normalized spacial score (nSPS) is 20.7. The Morgan fingerprint density at radius 3 is 2.97 bits per heavy atom. The number of fused-ring (bicyclic) bond motifs is 1. The van der Waals surface area contributed by atoms with Gasteiger partial charge in [0.1, 0.15) is 5.75 Å². The van der Waals surface area contributed by atoms with Crippen LogP contribution in [0.25, 0.3) is 0 Å². The van der Waals surface area contributed by atoms with Gasteiger partial charge in [0.2, 0.25) is 11.5 Å². The molecule has 9 nitrogen and oxygen atoms in total. The van der Waals surface area contributed by atoms with Crippen LogP contribution >= 0.6 is 0 Å². The predicted molar refractivity (Wildman–Crippen MR) is 113 cm³/mol. The summed E-state index contributed by atoms with van der Waals surface area (Å²) in [5, 5.41) is 19.1. The van der Waals surface area contributed by atoms with Crippen LogP contribution in [-0.4, -0.2) is 51.1 Å². The van der Waals surface area contributed by atoms with Gasteiger partial charge in [0.25, 0.3) is 5.91 Å². The SMILES string of the molecule is NC1=N[S+]([O-])Nc2cccc(OCC3CCCN(C(=O)c4ccc(O)c(O)c4)C3)c21. The number of carbonyl (C=O) groups is 1. The molecule has 1 amide bonds. The van der Waals surface area contributed by atoms with E-state index in [0.717, 1.165) is 12.8 Å². The molecule has 2 heterocycles. The molecule has 1 saturated heterocycles. The van der Waals surface area contributed by atoms with Crippen molar-refractivity contribution in [2.75, 3.05) is 24.4 Å². The molecule has 0 bridgehead atoms. The van der Waals surface area contributed by atoms with Crippen molar-refractivity contribution in [3.05, 3.63) is 47.5 Å². The first-order valence-corrected chi connectivity index (χ1v) is 10.6. The van der Waals surface area contributed by atoms with Gasteiger partial charge in [-0.15, -0.1) is 0 Å². The molecule has 2 aromatic rings. The van der Waals surface area contributed by atoms with Gasteiger partial charge >= 0.3 is 0 Å². The van der Waals surface area contributed by atoms with E-state index in [2.05, 4.69) is 9.12 Å². The summed E-state index contributed by atoms with van der Waals surface area (Å²) in [6.45, 7) is 1.52. The molecular formula is C20H22N4O5S. The van der Waals surface area contributed by atoms with E-state index in [9.17, 15) is 19.6 Å². The van der Waals surface area contributed by atoms with Gasteiger partial charge in [-0.2, -0.15) is 4.72 Å². The molecule has 0 aliphatic carbocycles. The van der Waals surface area contributed by atoms with E-state index in [1.165, 1.54) is 18.2 Å². The first kappa shape index (κ1) is 20.2. The molecule has 2 aromatic carbocycles. The fourth-order valence-corrected chi connectivity index (χ4v) is 4.36. The fourth-order valence-electron chi connectivity index (χ4n) is 3.68. The van der Waals surface area contributed by atoms with Crippen molar-refractivity contribution in [3.8, 4) is 17.2 Å². The molecule has 10 heteroatoms. The average molecular weight is 430 g/mol. The number of aromatic hydroxyl groups is 2. The topological polar surface area (TPSA) is 143 Å². The van der Waals surface area contributed by atoms with Crippen molar-refractivity contribution in [2.24, 2.45) is 16.0 Å². The Morgan fingerprint density at radius 2 is 2.17 bits per heavy atom. The number of phenolic OH excluding ortho intramolecular Hbond substituents is 2. The van der Waals surface area contributed by atoms with Crippen LogP contribution in [-0.2, 0) is 11.5 Å². The van der Waals surface area contributed by atoms with Gasteiger partial charge in [0.15, 0.2) is 17.3 Å². The largest absolute Gasteiger partial charge is 0.566 e. The number of carbonyl (C=O) groups excluding carboxylic acids is 1. The Kier molecular flexibility index (Phi) is 5.60. The number of phenols is 2. The minimum Gasteiger partial charge on any atom is -0.566 e. The summed E-state index contributed by atoms with van der Waals surface area (Å²) in [5.74, 6) is 0.0440. The second-order valence-electron chi connectivity index (χ2n) is 7.28. The van der Waals surface area contributed by atoms with Gasteiger partial charge in [0.05, 0.1) is 17.9 Å². The zero-order valence-corrected chi connectivity index (χ0v) is 16.9. The van der Waals surface area contributed by atoms with E-state index in [1.54, 1.807) is 23.1 Å². The van der Waals surface area contributed by atoms with Crippen molar-refractivity contribution >= 4 is 29.0 Å². The summed E-state index contributed by atoms with van der Waals surface area (Å²) < 4.78 is 24.2. The maximum atomic E-state index is 12.8. The quantitative estimate of drug-likeness (QED) is 0.427. The van der Waals surface area contributed by atoms with Gasteiger partial charge in [-0.3, -0.25) is 4.79 Å². The number of benzene rings is 2. The molecule has 30 heavy (non-hydrogen) atoms. The van der Waals surface area contributed by atoms with Crippen molar-refractivity contribution in [3.63, 3.8) is 0 Å². The summed E-state index contributed by atoms with van der Waals surface area (Å²) in [6, 6.07) is 9.39. The second-order valence-corrected chi connectivity index (χ2v) is 8.17. The number of nitrogens with two attached hydrogens (primary N) is 1. The lowest BCUT2D eigenvalue weighted by Crippen LogP contribution is -2.41. The lowest BCUT2D eigenvalue weighted by molar-refractivity contribution is 0.0633. The van der Waals surface area contributed by atoms with E-state index < -0.39 is 11.5 Å². The van der Waals surface area contributed by atoms with Crippen LogP contribution in [0.2, 0.25) is 0 Å². The maximum absolute atomic E-state index is 12.8. The van der Waals surface area contributed by atoms with Gasteiger partial charge in [0, 0.05) is 24.6 Å². The molecule has 1 fully saturated rings. The Bertz CT molecular complexity index is 999. The molecule has 2 aliphatic rings. The molecular weight excluding hydrogens is 408 g/mol. The van der Waals surface area contributed by atoms with Gasteiger partial charge < -0.3 is 30.1 Å². The number of amides is 1. The minimum absolute atomic E-state index is 0.119. The van der Waals surface area contributed by atoms with Crippen LogP contribution < -0.4 is 15.2 Å². The van der Waals surface area contributed by atoms with Crippen LogP contribution in [0.15, 0.2) is 40.8 Å². The van der Waals surface area contributed by atoms with E-state index >= 15 is 0 Å². The van der Waals surface area contributed by atoms with Crippen LogP contribution in [0, 0.1) is 5.92 Å². The average Bonchev–Trinajstić information content (AvgIpc) is 2.73. The number of likely N-dealkylation sites (tertiary alicyclic amines) is 1. The Hall–Kier alpha value is -3.11. The van der Waals surface area contributed by atoms with Crippen LogP contribution in [0.4, 0.5) is 5.69 Å². The molecule has 0 spiro atoms. The molecule has 158 valence electrons.